The van der Waals surface area contributed by atoms with Crippen LogP contribution in [-0.2, 0) is 0 Å². The van der Waals surface area contributed by atoms with Gasteiger partial charge in [0.25, 0.3) is 0 Å². The summed E-state index contributed by atoms with van der Waals surface area (Å²) in [5.74, 6) is 1.19. The quantitative estimate of drug-likeness (QED) is 0.170. The molecule has 0 saturated carbocycles. The molecule has 0 amide bonds. The van der Waals surface area contributed by atoms with Crippen molar-refractivity contribution in [3.63, 3.8) is 0 Å². The van der Waals surface area contributed by atoms with Gasteiger partial charge in [-0.2, -0.15) is 0 Å². The van der Waals surface area contributed by atoms with Gasteiger partial charge in [-0.05, 0) is 59.2 Å². The highest BCUT2D eigenvalue weighted by Crippen LogP contribution is 2.46. The zero-order valence-corrected chi connectivity index (χ0v) is 30.2. The fourth-order valence-corrected chi connectivity index (χ4v) is 8.85. The van der Waals surface area contributed by atoms with Gasteiger partial charge < -0.3 is 4.57 Å². The van der Waals surface area contributed by atoms with E-state index in [2.05, 4.69) is 34.9 Å². The second kappa shape index (κ2) is 13.3. The second-order valence-electron chi connectivity index (χ2n) is 13.2. The highest BCUT2D eigenvalue weighted by atomic mass is 32.1. The van der Waals surface area contributed by atoms with Crippen LogP contribution in [0.25, 0.3) is 104 Å². The summed E-state index contributed by atoms with van der Waals surface area (Å²) in [5.41, 5.74) is 5.42. The van der Waals surface area contributed by atoms with Gasteiger partial charge in [-0.3, -0.25) is 0 Å². The Kier molecular flexibility index (Phi) is 5.58. The van der Waals surface area contributed by atoms with E-state index in [9.17, 15) is 0 Å². The van der Waals surface area contributed by atoms with Gasteiger partial charge in [0.2, 0.25) is 0 Å². The molecule has 0 fully saturated rings. The highest BCUT2D eigenvalue weighted by Gasteiger charge is 2.22. The molecule has 11 aromatic rings. The van der Waals surface area contributed by atoms with Crippen LogP contribution >= 0.6 is 11.3 Å². The molecule has 0 atom stereocenters. The minimum absolute atomic E-state index is 0.0788. The third kappa shape index (κ3) is 5.32. The van der Waals surface area contributed by atoms with Gasteiger partial charge in [0.05, 0.1) is 24.7 Å². The van der Waals surface area contributed by atoms with Crippen molar-refractivity contribution in [2.75, 3.05) is 0 Å². The first-order chi connectivity index (χ1) is 31.9. The summed E-state index contributed by atoms with van der Waals surface area (Å²) in [7, 11) is 0. The maximum Gasteiger partial charge on any atom is 0.164 e. The van der Waals surface area contributed by atoms with Crippen molar-refractivity contribution in [2.24, 2.45) is 0 Å². The number of aromatic nitrogens is 4. The minimum Gasteiger partial charge on any atom is -0.309 e. The molecule has 0 aliphatic carbocycles. The third-order valence-corrected chi connectivity index (χ3v) is 11.2. The van der Waals surface area contributed by atoms with Gasteiger partial charge in [-0.25, -0.2) is 15.0 Å². The lowest BCUT2D eigenvalue weighted by molar-refractivity contribution is 1.08. The summed E-state index contributed by atoms with van der Waals surface area (Å²) in [4.78, 5) is 15.5. The lowest BCUT2D eigenvalue weighted by atomic mass is 9.95. The van der Waals surface area contributed by atoms with Crippen molar-refractivity contribution in [2.45, 2.75) is 0 Å². The smallest absolute Gasteiger partial charge is 0.164 e. The molecule has 0 radical (unpaired) electrons. The fourth-order valence-electron chi connectivity index (χ4n) is 7.62. The zero-order chi connectivity index (χ0) is 45.7. The van der Waals surface area contributed by atoms with E-state index in [0.29, 0.717) is 38.5 Å². The maximum atomic E-state index is 9.03. The van der Waals surface area contributed by atoms with Crippen LogP contribution in [0.5, 0.6) is 0 Å². The highest BCUT2D eigenvalue weighted by molar-refractivity contribution is 7.26. The summed E-state index contributed by atoms with van der Waals surface area (Å²) < 4.78 is 90.3. The first kappa shape index (κ1) is 23.5. The predicted octanol–water partition coefficient (Wildman–Crippen LogP) is 13.7. The summed E-state index contributed by atoms with van der Waals surface area (Å²) in [5, 5.41) is 3.18. The van der Waals surface area contributed by atoms with E-state index >= 15 is 0 Å². The summed E-state index contributed by atoms with van der Waals surface area (Å²) >= 11 is 1.34. The molecule has 0 bridgehead atoms. The molecular formula is C51H32N4S. The van der Waals surface area contributed by atoms with E-state index in [1.54, 1.807) is 12.1 Å². The third-order valence-electron chi connectivity index (χ3n) is 10.0. The zero-order valence-electron chi connectivity index (χ0n) is 39.4. The van der Waals surface area contributed by atoms with Gasteiger partial charge in [0.15, 0.2) is 17.5 Å². The molecule has 0 saturated heterocycles. The van der Waals surface area contributed by atoms with Crippen molar-refractivity contribution >= 4 is 53.3 Å². The van der Waals surface area contributed by atoms with E-state index in [1.165, 1.54) is 11.3 Å². The van der Waals surface area contributed by atoms with Gasteiger partial charge in [0.1, 0.15) is 0 Å². The Morgan fingerprint density at radius 2 is 1.04 bits per heavy atom. The standard InChI is InChI=1S/C51H32N4S/c1-5-17-33(18-6-1)36-31-41(34-19-7-2-8-20-34)48-42(32-36)47-40(27-16-30-45(47)56-48)51-53-49(35-21-9-3-10-22-35)52-50(54-51)39-26-15-29-44-46(39)38-25-13-14-28-43(38)55(44)37-23-11-4-12-24-37/h1-32H/i1D,2D,5D,6D,7D,8D,17D,18D,19D,20D. The Labute approximate surface area is 341 Å². The molecule has 262 valence electrons. The number of hydrogen-bond acceptors (Lipinski definition) is 4. The number of fused-ring (bicyclic) bond motifs is 6. The van der Waals surface area contributed by atoms with E-state index in [1.807, 2.05) is 91.0 Å². The van der Waals surface area contributed by atoms with Crippen molar-refractivity contribution in [1.29, 1.82) is 0 Å². The van der Waals surface area contributed by atoms with Gasteiger partial charge >= 0.3 is 0 Å². The van der Waals surface area contributed by atoms with E-state index in [4.69, 9.17) is 28.7 Å². The van der Waals surface area contributed by atoms with Crippen LogP contribution in [0.4, 0.5) is 0 Å². The lowest BCUT2D eigenvalue weighted by Gasteiger charge is -2.12. The monoisotopic (exact) mass is 742 g/mol. The van der Waals surface area contributed by atoms with Gasteiger partial charge in [-0.15, -0.1) is 11.3 Å². The van der Waals surface area contributed by atoms with Crippen molar-refractivity contribution in [1.82, 2.24) is 19.5 Å². The number of para-hydroxylation sites is 2. The average Bonchev–Trinajstić information content (AvgIpc) is 3.91. The van der Waals surface area contributed by atoms with Crippen LogP contribution in [0, 0.1) is 0 Å². The minimum atomic E-state index is -0.552. The number of hydrogen-bond donors (Lipinski definition) is 0. The normalized spacial score (nSPS) is 14.1. The molecular weight excluding hydrogens is 701 g/mol. The van der Waals surface area contributed by atoms with Crippen LogP contribution in [-0.4, -0.2) is 19.5 Å². The van der Waals surface area contributed by atoms with E-state index in [0.717, 1.165) is 43.3 Å². The number of thiophene rings is 1. The van der Waals surface area contributed by atoms with Gasteiger partial charge in [0, 0.05) is 58.9 Å². The maximum absolute atomic E-state index is 9.03. The molecule has 0 aliphatic rings. The Hall–Kier alpha value is -7.21. The lowest BCUT2D eigenvalue weighted by Crippen LogP contribution is -2.01. The Morgan fingerprint density at radius 3 is 1.79 bits per heavy atom. The molecule has 0 spiro atoms. The molecule has 5 heteroatoms. The summed E-state index contributed by atoms with van der Waals surface area (Å²) in [6, 6.07) is 38.1. The summed E-state index contributed by atoms with van der Waals surface area (Å²) in [6.45, 7) is 0. The predicted molar refractivity (Wildman–Crippen MR) is 234 cm³/mol. The molecule has 0 N–H and O–H groups in total. The molecule has 8 aromatic carbocycles. The molecule has 3 heterocycles. The molecule has 0 unspecified atom stereocenters. The van der Waals surface area contributed by atoms with Crippen molar-refractivity contribution in [3.8, 4) is 62.1 Å². The summed E-state index contributed by atoms with van der Waals surface area (Å²) in [6.07, 6.45) is 0. The Morgan fingerprint density at radius 1 is 0.429 bits per heavy atom. The van der Waals surface area contributed by atoms with Gasteiger partial charge in [-0.1, -0.05) is 151 Å². The molecule has 56 heavy (non-hydrogen) atoms. The Bertz CT molecular complexity index is 3780. The number of benzene rings is 8. The van der Waals surface area contributed by atoms with Crippen LogP contribution in [0.1, 0.15) is 13.7 Å². The van der Waals surface area contributed by atoms with Crippen LogP contribution in [0.15, 0.2) is 194 Å². The average molecular weight is 743 g/mol. The van der Waals surface area contributed by atoms with E-state index in [-0.39, 0.29) is 22.3 Å². The van der Waals surface area contributed by atoms with Crippen molar-refractivity contribution < 1.29 is 13.7 Å². The van der Waals surface area contributed by atoms with E-state index < -0.39 is 60.4 Å². The topological polar surface area (TPSA) is 43.6 Å². The number of rotatable bonds is 6. The largest absolute Gasteiger partial charge is 0.309 e. The molecule has 11 rings (SSSR count). The Balaban J connectivity index is 1.24. The molecule has 0 aliphatic heterocycles. The molecule has 4 nitrogen and oxygen atoms in total. The van der Waals surface area contributed by atoms with Crippen LogP contribution in [0.2, 0.25) is 0 Å². The fraction of sp³-hybridized carbons (Fsp3) is 0. The van der Waals surface area contributed by atoms with Crippen LogP contribution < -0.4 is 0 Å². The first-order valence-corrected chi connectivity index (χ1v) is 18.8. The van der Waals surface area contributed by atoms with Crippen molar-refractivity contribution in [3.05, 3.63) is 194 Å². The SMILES string of the molecule is [2H]c1c([2H])c([2H])c(-c2cc(-c3c([2H])c([2H])c([2H])c([2H])c3[2H])c3sc4cccc(-c5nc(-c6ccccc6)nc(-c6cccc7c6c6ccccc6n7-c6ccccc6)n5)c4c3c2)c([2H])c1[2H]. The second-order valence-corrected chi connectivity index (χ2v) is 14.3. The number of nitrogens with zero attached hydrogens (tertiary/aromatic N) is 4. The first-order valence-electron chi connectivity index (χ1n) is 23.0. The van der Waals surface area contributed by atoms with Crippen LogP contribution in [0.3, 0.4) is 0 Å². The molecule has 3 aromatic heterocycles.